The lowest BCUT2D eigenvalue weighted by Crippen LogP contribution is -1.96. The minimum absolute atomic E-state index is 0.112. The van der Waals surface area contributed by atoms with Crippen molar-refractivity contribution in [3.05, 3.63) is 39.9 Å². The van der Waals surface area contributed by atoms with Gasteiger partial charge in [0, 0.05) is 0 Å². The van der Waals surface area contributed by atoms with Crippen molar-refractivity contribution in [3.8, 4) is 0 Å². The molecule has 0 saturated heterocycles. The third-order valence-electron chi connectivity index (χ3n) is 1.80. The van der Waals surface area contributed by atoms with Crippen LogP contribution in [0.2, 0.25) is 0 Å². The van der Waals surface area contributed by atoms with Crippen molar-refractivity contribution in [2.45, 2.75) is 6.92 Å². The second kappa shape index (κ2) is 4.83. The molecule has 14 heavy (non-hydrogen) atoms. The number of benzene rings is 1. The fraction of sp³-hybridized carbons (Fsp3) is 0.100. The first-order valence-electron chi connectivity index (χ1n) is 3.85. The van der Waals surface area contributed by atoms with E-state index < -0.39 is 5.24 Å². The van der Waals surface area contributed by atoms with Crippen molar-refractivity contribution in [3.63, 3.8) is 0 Å². The van der Waals surface area contributed by atoms with Crippen LogP contribution >= 0.6 is 34.8 Å². The summed E-state index contributed by atoms with van der Waals surface area (Å²) < 4.78 is -0.112. The predicted molar refractivity (Wildman–Crippen MR) is 60.7 cm³/mol. The predicted octanol–water partition coefficient (Wildman–Crippen LogP) is 3.91. The fourth-order valence-corrected chi connectivity index (χ4v) is 1.80. The monoisotopic (exact) mass is 248 g/mol. The molecule has 0 spiro atoms. The first kappa shape index (κ1) is 11.6. The quantitative estimate of drug-likeness (QED) is 0.574. The van der Waals surface area contributed by atoms with Gasteiger partial charge in [0.05, 0.1) is 5.57 Å². The van der Waals surface area contributed by atoms with Crippen molar-refractivity contribution in [1.29, 1.82) is 0 Å². The molecular formula is C10H7Cl3O. The Morgan fingerprint density at radius 3 is 2.14 bits per heavy atom. The highest BCUT2D eigenvalue weighted by Crippen LogP contribution is 2.28. The summed E-state index contributed by atoms with van der Waals surface area (Å²) in [6.45, 7) is 1.85. The molecular weight excluding hydrogens is 242 g/mol. The second-order valence-electron chi connectivity index (χ2n) is 2.72. The summed E-state index contributed by atoms with van der Waals surface area (Å²) in [7, 11) is 0. The Bertz CT molecular complexity index is 392. The molecule has 0 heterocycles. The highest BCUT2D eigenvalue weighted by Gasteiger charge is 2.14. The topological polar surface area (TPSA) is 17.1 Å². The Kier molecular flexibility index (Phi) is 3.99. The van der Waals surface area contributed by atoms with Crippen molar-refractivity contribution in [2.24, 2.45) is 0 Å². The van der Waals surface area contributed by atoms with Crippen LogP contribution in [-0.2, 0) is 4.79 Å². The molecule has 0 atom stereocenters. The van der Waals surface area contributed by atoms with Crippen molar-refractivity contribution in [1.82, 2.24) is 0 Å². The first-order valence-corrected chi connectivity index (χ1v) is 4.98. The summed E-state index contributed by atoms with van der Waals surface area (Å²) in [5, 5.41) is -0.653. The Balaban J connectivity index is 3.35. The van der Waals surface area contributed by atoms with Gasteiger partial charge < -0.3 is 0 Å². The van der Waals surface area contributed by atoms with Gasteiger partial charge >= 0.3 is 0 Å². The molecule has 0 fully saturated rings. The maximum Gasteiger partial charge on any atom is 0.255 e. The highest BCUT2D eigenvalue weighted by molar-refractivity contribution is 6.78. The van der Waals surface area contributed by atoms with Crippen LogP contribution in [0.4, 0.5) is 0 Å². The number of carbonyl (C=O) groups excluding carboxylic acids is 1. The van der Waals surface area contributed by atoms with E-state index >= 15 is 0 Å². The Morgan fingerprint density at radius 2 is 1.71 bits per heavy atom. The minimum Gasteiger partial charge on any atom is -0.275 e. The third-order valence-corrected chi connectivity index (χ3v) is 2.37. The van der Waals surface area contributed by atoms with Crippen LogP contribution in [0.25, 0.3) is 5.57 Å². The summed E-state index contributed by atoms with van der Waals surface area (Å²) >= 11 is 16.5. The van der Waals surface area contributed by atoms with E-state index in [0.717, 1.165) is 5.56 Å². The van der Waals surface area contributed by atoms with Crippen molar-refractivity contribution in [2.75, 3.05) is 0 Å². The van der Waals surface area contributed by atoms with Gasteiger partial charge in [-0.05, 0) is 29.7 Å². The molecule has 74 valence electrons. The average molecular weight is 250 g/mol. The van der Waals surface area contributed by atoms with E-state index in [9.17, 15) is 4.79 Å². The molecule has 0 aliphatic heterocycles. The van der Waals surface area contributed by atoms with Gasteiger partial charge in [-0.2, -0.15) is 0 Å². The van der Waals surface area contributed by atoms with E-state index in [1.165, 1.54) is 0 Å². The molecule has 1 nitrogen and oxygen atoms in total. The Hall–Kier alpha value is -0.500. The molecule has 0 aliphatic carbocycles. The van der Waals surface area contributed by atoms with Crippen LogP contribution < -0.4 is 0 Å². The van der Waals surface area contributed by atoms with Gasteiger partial charge in [0.25, 0.3) is 5.24 Å². The van der Waals surface area contributed by atoms with Crippen LogP contribution in [0, 0.1) is 6.92 Å². The summed E-state index contributed by atoms with van der Waals surface area (Å²) in [5.41, 5.74) is 1.70. The zero-order valence-corrected chi connectivity index (χ0v) is 9.62. The Morgan fingerprint density at radius 1 is 1.14 bits per heavy atom. The minimum atomic E-state index is -0.653. The van der Waals surface area contributed by atoms with Gasteiger partial charge in [0.1, 0.15) is 4.49 Å². The number of allylic oxidation sites excluding steroid dienone is 1. The summed E-state index contributed by atoms with van der Waals surface area (Å²) in [5.74, 6) is 0. The van der Waals surface area contributed by atoms with E-state index in [-0.39, 0.29) is 10.1 Å². The number of halogens is 3. The van der Waals surface area contributed by atoms with Crippen LogP contribution in [-0.4, -0.2) is 5.24 Å². The molecule has 0 radical (unpaired) electrons. The van der Waals surface area contributed by atoms with Gasteiger partial charge in [-0.15, -0.1) is 0 Å². The lowest BCUT2D eigenvalue weighted by atomic mass is 10.0. The van der Waals surface area contributed by atoms with E-state index in [1.807, 2.05) is 19.1 Å². The molecule has 0 N–H and O–H groups in total. The largest absolute Gasteiger partial charge is 0.275 e. The van der Waals surface area contributed by atoms with Crippen molar-refractivity contribution >= 4 is 45.6 Å². The standard InChI is InChI=1S/C10H7Cl3O/c1-6-4-2-3-5-7(6)8(9(11)12)10(13)14/h2-5H,1H3. The van der Waals surface area contributed by atoms with Crippen molar-refractivity contribution < 1.29 is 4.79 Å². The van der Waals surface area contributed by atoms with Gasteiger partial charge in [-0.1, -0.05) is 47.5 Å². The summed E-state index contributed by atoms with van der Waals surface area (Å²) in [4.78, 5) is 11.1. The molecule has 1 aromatic rings. The van der Waals surface area contributed by atoms with Gasteiger partial charge in [-0.25, -0.2) is 0 Å². The van der Waals surface area contributed by atoms with Gasteiger partial charge in [0.2, 0.25) is 0 Å². The highest BCUT2D eigenvalue weighted by atomic mass is 35.5. The SMILES string of the molecule is Cc1ccccc1C(C(=O)Cl)=C(Cl)Cl. The van der Waals surface area contributed by atoms with Crippen LogP contribution in [0.1, 0.15) is 11.1 Å². The van der Waals surface area contributed by atoms with E-state index in [2.05, 4.69) is 0 Å². The smallest absolute Gasteiger partial charge is 0.255 e. The van der Waals surface area contributed by atoms with Crippen LogP contribution in [0.15, 0.2) is 28.8 Å². The lowest BCUT2D eigenvalue weighted by molar-refractivity contribution is -0.106. The molecule has 0 aliphatic rings. The normalized spacial score (nSPS) is 9.71. The summed E-state index contributed by atoms with van der Waals surface area (Å²) in [6, 6.07) is 7.25. The average Bonchev–Trinajstić information content (AvgIpc) is 2.07. The lowest BCUT2D eigenvalue weighted by Gasteiger charge is -2.06. The molecule has 0 bridgehead atoms. The molecule has 1 rings (SSSR count). The van der Waals surface area contributed by atoms with E-state index in [0.29, 0.717) is 5.56 Å². The van der Waals surface area contributed by atoms with Crippen LogP contribution in [0.3, 0.4) is 0 Å². The zero-order valence-electron chi connectivity index (χ0n) is 7.35. The van der Waals surface area contributed by atoms with E-state index in [4.69, 9.17) is 34.8 Å². The Labute approximate surface area is 97.3 Å². The number of rotatable bonds is 2. The fourth-order valence-electron chi connectivity index (χ4n) is 1.14. The maximum atomic E-state index is 11.1. The number of hydrogen-bond donors (Lipinski definition) is 0. The maximum absolute atomic E-state index is 11.1. The molecule has 0 saturated carbocycles. The zero-order chi connectivity index (χ0) is 10.7. The van der Waals surface area contributed by atoms with Gasteiger partial charge in [0.15, 0.2) is 0 Å². The summed E-state index contributed by atoms with van der Waals surface area (Å²) in [6.07, 6.45) is 0. The van der Waals surface area contributed by atoms with E-state index in [1.54, 1.807) is 12.1 Å². The molecule has 4 heteroatoms. The second-order valence-corrected chi connectivity index (χ2v) is 4.02. The molecule has 0 aromatic heterocycles. The number of aryl methyl sites for hydroxylation is 1. The molecule has 0 unspecified atom stereocenters. The van der Waals surface area contributed by atoms with Gasteiger partial charge in [-0.3, -0.25) is 4.79 Å². The number of hydrogen-bond acceptors (Lipinski definition) is 1. The molecule has 1 aromatic carbocycles. The van der Waals surface area contributed by atoms with Crippen LogP contribution in [0.5, 0.6) is 0 Å². The first-order chi connectivity index (χ1) is 6.54. The number of carbonyl (C=O) groups is 1. The third kappa shape index (κ3) is 2.50. The molecule has 0 amide bonds.